The molecule has 0 radical (unpaired) electrons. The molecule has 1 heterocycles. The lowest BCUT2D eigenvalue weighted by Gasteiger charge is -2.11. The van der Waals surface area contributed by atoms with E-state index in [0.29, 0.717) is 22.7 Å². The van der Waals surface area contributed by atoms with Crippen LogP contribution < -0.4 is 5.32 Å². The second-order valence-electron chi connectivity index (χ2n) is 5.77. The Morgan fingerprint density at radius 3 is 2.45 bits per heavy atom. The Hall–Kier alpha value is -3.11. The van der Waals surface area contributed by atoms with Crippen molar-refractivity contribution in [2.75, 3.05) is 5.32 Å². The molecule has 150 valence electrons. The Morgan fingerprint density at radius 1 is 1.14 bits per heavy atom. The number of halogens is 1. The minimum atomic E-state index is -3.90. The van der Waals surface area contributed by atoms with Crippen LogP contribution in [-0.4, -0.2) is 24.4 Å². The summed E-state index contributed by atoms with van der Waals surface area (Å²) >= 11 is 1.13. The summed E-state index contributed by atoms with van der Waals surface area (Å²) in [5, 5.41) is 11.3. The Bertz CT molecular complexity index is 1130. The minimum Gasteiger partial charge on any atom is -0.362 e. The van der Waals surface area contributed by atoms with Gasteiger partial charge in [-0.2, -0.15) is 0 Å². The average Bonchev–Trinajstić information content (AvgIpc) is 3.15. The van der Waals surface area contributed by atoms with E-state index in [9.17, 15) is 17.6 Å². The predicted octanol–water partition coefficient (Wildman–Crippen LogP) is 4.44. The molecule has 2 aromatic carbocycles. The number of aromatic nitrogens is 2. The third-order valence-corrected chi connectivity index (χ3v) is 6.08. The fraction of sp³-hybridized carbons (Fsp3) is 0.105. The van der Waals surface area contributed by atoms with E-state index in [4.69, 9.17) is 0 Å². The molecule has 0 aliphatic rings. The van der Waals surface area contributed by atoms with Crippen molar-refractivity contribution in [2.45, 2.75) is 18.2 Å². The number of aryl methyl sites for hydroxylation is 1. The number of nitrogens with zero attached hydrogens (tertiary/aromatic N) is 3. The fourth-order valence-corrected chi connectivity index (χ4v) is 4.02. The van der Waals surface area contributed by atoms with Crippen LogP contribution in [0.3, 0.4) is 0 Å². The van der Waals surface area contributed by atoms with Crippen molar-refractivity contribution in [1.29, 1.82) is 0 Å². The Labute approximate surface area is 171 Å². The second-order valence-corrected chi connectivity index (χ2v) is 8.42. The molecule has 0 unspecified atom stereocenters. The number of allylic oxidation sites excluding steroid dienone is 1. The van der Waals surface area contributed by atoms with Gasteiger partial charge < -0.3 is 15.1 Å². The third-order valence-electron chi connectivity index (χ3n) is 3.72. The zero-order chi connectivity index (χ0) is 20.9. The maximum Gasteiger partial charge on any atom is 0.203 e. The highest BCUT2D eigenvalue weighted by Gasteiger charge is 2.10. The summed E-state index contributed by atoms with van der Waals surface area (Å²) in [4.78, 5) is 12.0. The van der Waals surface area contributed by atoms with Crippen molar-refractivity contribution < 1.29 is 17.6 Å². The number of hydrogen-bond acceptors (Lipinski definition) is 7. The summed E-state index contributed by atoms with van der Waals surface area (Å²) in [7, 11) is -3.90. The second kappa shape index (κ2) is 8.93. The van der Waals surface area contributed by atoms with Gasteiger partial charge in [-0.15, -0.1) is 11.3 Å². The van der Waals surface area contributed by atoms with Gasteiger partial charge in [0.15, 0.2) is 5.78 Å². The first-order valence-electron chi connectivity index (χ1n) is 8.51. The highest BCUT2D eigenvalue weighted by Crippen LogP contribution is 2.30. The number of ketones is 1. The van der Waals surface area contributed by atoms with Gasteiger partial charge in [-0.25, -0.2) is 12.8 Å². The molecule has 0 atom stereocenters. The number of hydrogen-bond donors (Lipinski definition) is 1. The smallest absolute Gasteiger partial charge is 0.203 e. The Morgan fingerprint density at radius 2 is 1.83 bits per heavy atom. The van der Waals surface area contributed by atoms with Gasteiger partial charge in [0.2, 0.25) is 10.0 Å². The maximum absolute atomic E-state index is 12.9. The van der Waals surface area contributed by atoms with E-state index in [1.54, 1.807) is 12.1 Å². The summed E-state index contributed by atoms with van der Waals surface area (Å²) in [5.41, 5.74) is 0.937. The van der Waals surface area contributed by atoms with Gasteiger partial charge in [-0.1, -0.05) is 6.92 Å². The van der Waals surface area contributed by atoms with E-state index < -0.39 is 15.8 Å². The van der Waals surface area contributed by atoms with Crippen LogP contribution in [0.2, 0.25) is 0 Å². The first kappa shape index (κ1) is 20.6. The number of nitrogens with one attached hydrogen (secondary N) is 1. The summed E-state index contributed by atoms with van der Waals surface area (Å²) in [6.07, 6.45) is 3.38. The van der Waals surface area contributed by atoms with E-state index in [1.807, 2.05) is 6.92 Å². The molecule has 0 amide bonds. The molecule has 7 nitrogen and oxygen atoms in total. The molecule has 29 heavy (non-hydrogen) atoms. The van der Waals surface area contributed by atoms with Crippen LogP contribution in [0, 0.1) is 5.82 Å². The quantitative estimate of drug-likeness (QED) is 0.418. The number of rotatable bonds is 8. The predicted molar refractivity (Wildman–Crippen MR) is 109 cm³/mol. The maximum atomic E-state index is 12.9. The molecule has 10 heteroatoms. The summed E-state index contributed by atoms with van der Waals surface area (Å²) < 4.78 is 41.3. The molecule has 1 N–H and O–H groups in total. The van der Waals surface area contributed by atoms with Crippen molar-refractivity contribution in [1.82, 2.24) is 10.2 Å². The lowest BCUT2D eigenvalue weighted by Crippen LogP contribution is -1.99. The molecule has 0 aliphatic heterocycles. The number of sulfonamides is 1. The molecular formula is C19H16FN4O3S2-. The first-order valence-corrected chi connectivity index (χ1v) is 10.8. The number of anilines is 1. The Balaban J connectivity index is 1.61. The van der Waals surface area contributed by atoms with Crippen molar-refractivity contribution >= 4 is 38.0 Å². The number of benzene rings is 2. The van der Waals surface area contributed by atoms with Gasteiger partial charge in [0.1, 0.15) is 5.82 Å². The number of carbonyl (C=O) groups excluding carboxylic acids is 1. The standard InChI is InChI=1S/C19H17FN4O3S2/c1-2-18-22-23-19(28-18)24-29(26,27)16-9-7-15(8-10-16)21-12-11-17(25)13-3-5-14(20)6-4-13/h3-12H,2H2,1H3,(H2,21,23,24,25)/p-1. The molecular weight excluding hydrogens is 415 g/mol. The summed E-state index contributed by atoms with van der Waals surface area (Å²) in [5.74, 6) is -0.707. The lowest BCUT2D eigenvalue weighted by atomic mass is 10.1. The summed E-state index contributed by atoms with van der Waals surface area (Å²) in [6.45, 7) is 1.90. The first-order chi connectivity index (χ1) is 13.9. The average molecular weight is 431 g/mol. The largest absolute Gasteiger partial charge is 0.362 e. The van der Waals surface area contributed by atoms with Crippen LogP contribution in [-0.2, 0) is 16.4 Å². The molecule has 0 spiro atoms. The van der Waals surface area contributed by atoms with Crippen molar-refractivity contribution in [3.8, 4) is 0 Å². The topological polar surface area (TPSA) is 103 Å². The SMILES string of the molecule is CCc1nnc([N-]S(=O)(=O)c2ccc(N/C=C/C(=O)c3ccc(F)cc3)cc2)s1. The lowest BCUT2D eigenvalue weighted by molar-refractivity contribution is 0.104. The van der Waals surface area contributed by atoms with Crippen LogP contribution in [0.4, 0.5) is 15.2 Å². The highest BCUT2D eigenvalue weighted by atomic mass is 32.2. The minimum absolute atomic E-state index is 0.0164. The van der Waals surface area contributed by atoms with Gasteiger partial charge in [-0.05, 0) is 55.0 Å². The van der Waals surface area contributed by atoms with E-state index in [0.717, 1.165) is 11.3 Å². The van der Waals surface area contributed by atoms with Gasteiger partial charge in [0.05, 0.1) is 9.90 Å². The van der Waals surface area contributed by atoms with Crippen LogP contribution in [0.25, 0.3) is 4.72 Å². The zero-order valence-electron chi connectivity index (χ0n) is 15.2. The molecule has 3 aromatic rings. The van der Waals surface area contributed by atoms with Crippen molar-refractivity contribution in [3.05, 3.63) is 81.9 Å². The molecule has 3 rings (SSSR count). The Kier molecular flexibility index (Phi) is 6.35. The van der Waals surface area contributed by atoms with Crippen LogP contribution in [0.15, 0.2) is 65.7 Å². The van der Waals surface area contributed by atoms with Crippen molar-refractivity contribution in [3.63, 3.8) is 0 Å². The summed E-state index contributed by atoms with van der Waals surface area (Å²) in [6, 6.07) is 11.1. The normalized spacial score (nSPS) is 11.5. The third kappa shape index (κ3) is 5.46. The molecule has 0 fully saturated rings. The van der Waals surface area contributed by atoms with Gasteiger partial charge in [-0.3, -0.25) is 9.89 Å². The highest BCUT2D eigenvalue weighted by molar-refractivity contribution is 7.94. The van der Waals surface area contributed by atoms with Crippen LogP contribution in [0.5, 0.6) is 0 Å². The van der Waals surface area contributed by atoms with Crippen LogP contribution in [0.1, 0.15) is 22.3 Å². The van der Waals surface area contributed by atoms with Crippen LogP contribution >= 0.6 is 11.3 Å². The monoisotopic (exact) mass is 431 g/mol. The van der Waals surface area contributed by atoms with E-state index in [1.165, 1.54) is 48.7 Å². The van der Waals surface area contributed by atoms with Gasteiger partial charge in [0.25, 0.3) is 0 Å². The van der Waals surface area contributed by atoms with E-state index in [2.05, 4.69) is 20.2 Å². The van der Waals surface area contributed by atoms with Gasteiger partial charge >= 0.3 is 0 Å². The van der Waals surface area contributed by atoms with E-state index >= 15 is 0 Å². The number of carbonyl (C=O) groups is 1. The molecule has 0 saturated heterocycles. The molecule has 0 bridgehead atoms. The molecule has 0 aliphatic carbocycles. The zero-order valence-corrected chi connectivity index (χ0v) is 16.9. The molecule has 1 aromatic heterocycles. The van der Waals surface area contributed by atoms with E-state index in [-0.39, 0.29) is 15.8 Å². The molecule has 0 saturated carbocycles. The fourth-order valence-electron chi connectivity index (χ4n) is 2.23. The van der Waals surface area contributed by atoms with Gasteiger partial charge in [0, 0.05) is 28.7 Å². The van der Waals surface area contributed by atoms with Crippen molar-refractivity contribution in [2.24, 2.45) is 0 Å².